The zero-order valence-corrected chi connectivity index (χ0v) is 17.0. The van der Waals surface area contributed by atoms with E-state index in [1.165, 1.54) is 0 Å². The summed E-state index contributed by atoms with van der Waals surface area (Å²) >= 11 is 0. The molecule has 0 saturated heterocycles. The van der Waals surface area contributed by atoms with Crippen molar-refractivity contribution in [2.45, 2.75) is 39.0 Å². The van der Waals surface area contributed by atoms with E-state index in [1.54, 1.807) is 14.2 Å². The highest BCUT2D eigenvalue weighted by atomic mass is 32.2. The standard InChI is InChI=1S/C18H31N3O3S/c1-7-19-17(20-10-11-25(22)18(2,3)4)21-13-14-8-9-15(23-5)16(12-14)24-6/h8-9,12H,7,10-11,13H2,1-6H3,(H2,19,20,21). The van der Waals surface area contributed by atoms with Crippen LogP contribution in [-0.4, -0.2) is 48.0 Å². The molecule has 0 bridgehead atoms. The summed E-state index contributed by atoms with van der Waals surface area (Å²) in [5.41, 5.74) is 1.02. The maximum Gasteiger partial charge on any atom is 0.191 e. The van der Waals surface area contributed by atoms with Crippen molar-refractivity contribution in [3.8, 4) is 11.5 Å². The Hall–Kier alpha value is -1.76. The molecule has 0 aliphatic carbocycles. The van der Waals surface area contributed by atoms with Crippen LogP contribution in [0, 0.1) is 0 Å². The fourth-order valence-corrected chi connectivity index (χ4v) is 2.96. The van der Waals surface area contributed by atoms with E-state index in [-0.39, 0.29) is 4.75 Å². The number of hydrogen-bond donors (Lipinski definition) is 2. The lowest BCUT2D eigenvalue weighted by molar-refractivity contribution is 0.354. The van der Waals surface area contributed by atoms with Crippen LogP contribution in [0.2, 0.25) is 0 Å². The van der Waals surface area contributed by atoms with Crippen LogP contribution in [0.5, 0.6) is 11.5 Å². The van der Waals surface area contributed by atoms with Gasteiger partial charge in [-0.05, 0) is 45.4 Å². The highest BCUT2D eigenvalue weighted by molar-refractivity contribution is 7.86. The Balaban J connectivity index is 2.68. The molecule has 0 aromatic heterocycles. The number of methoxy groups -OCH3 is 2. The van der Waals surface area contributed by atoms with Crippen molar-refractivity contribution < 1.29 is 13.7 Å². The molecule has 0 aliphatic heterocycles. The zero-order valence-electron chi connectivity index (χ0n) is 16.1. The molecular weight excluding hydrogens is 338 g/mol. The number of nitrogens with one attached hydrogen (secondary N) is 2. The molecule has 1 unspecified atom stereocenters. The maximum absolute atomic E-state index is 12.1. The molecule has 0 radical (unpaired) electrons. The molecule has 25 heavy (non-hydrogen) atoms. The van der Waals surface area contributed by atoms with Gasteiger partial charge in [0.15, 0.2) is 17.5 Å². The maximum atomic E-state index is 12.1. The Kier molecular flexibility index (Phi) is 8.75. The average Bonchev–Trinajstić information content (AvgIpc) is 2.58. The number of guanidine groups is 1. The third-order valence-electron chi connectivity index (χ3n) is 3.47. The van der Waals surface area contributed by atoms with Gasteiger partial charge in [-0.3, -0.25) is 4.21 Å². The first kappa shape index (κ1) is 21.3. The van der Waals surface area contributed by atoms with Crippen molar-refractivity contribution in [3.63, 3.8) is 0 Å². The van der Waals surface area contributed by atoms with Crippen LogP contribution in [-0.2, 0) is 17.3 Å². The topological polar surface area (TPSA) is 72.0 Å². The third kappa shape index (κ3) is 7.34. The number of aliphatic imine (C=N–C) groups is 1. The summed E-state index contributed by atoms with van der Waals surface area (Å²) < 4.78 is 22.5. The van der Waals surface area contributed by atoms with E-state index in [1.807, 2.05) is 45.9 Å². The summed E-state index contributed by atoms with van der Waals surface area (Å²) in [6, 6.07) is 5.75. The molecule has 0 amide bonds. The highest BCUT2D eigenvalue weighted by Gasteiger charge is 2.18. The van der Waals surface area contributed by atoms with Crippen molar-refractivity contribution in [1.82, 2.24) is 10.6 Å². The Labute approximate surface area is 153 Å². The van der Waals surface area contributed by atoms with Crippen molar-refractivity contribution >= 4 is 16.8 Å². The summed E-state index contributed by atoms with van der Waals surface area (Å²) in [6.07, 6.45) is 0. The van der Waals surface area contributed by atoms with Gasteiger partial charge >= 0.3 is 0 Å². The minimum atomic E-state index is -0.881. The van der Waals surface area contributed by atoms with Crippen LogP contribution >= 0.6 is 0 Å². The second-order valence-electron chi connectivity index (χ2n) is 6.47. The van der Waals surface area contributed by atoms with Gasteiger partial charge in [-0.25, -0.2) is 4.99 Å². The van der Waals surface area contributed by atoms with E-state index in [9.17, 15) is 4.21 Å². The van der Waals surface area contributed by atoms with Crippen molar-refractivity contribution in [2.24, 2.45) is 4.99 Å². The minimum Gasteiger partial charge on any atom is -0.493 e. The lowest BCUT2D eigenvalue weighted by atomic mass is 10.2. The summed E-state index contributed by atoms with van der Waals surface area (Å²) in [5, 5.41) is 6.44. The molecule has 6 nitrogen and oxygen atoms in total. The monoisotopic (exact) mass is 369 g/mol. The molecular formula is C18H31N3O3S. The van der Waals surface area contributed by atoms with E-state index in [4.69, 9.17) is 9.47 Å². The first-order valence-corrected chi connectivity index (χ1v) is 9.75. The number of benzene rings is 1. The normalized spacial score (nSPS) is 13.3. The molecule has 0 aliphatic rings. The van der Waals surface area contributed by atoms with E-state index >= 15 is 0 Å². The Morgan fingerprint density at radius 2 is 1.84 bits per heavy atom. The number of nitrogens with zero attached hydrogens (tertiary/aromatic N) is 1. The van der Waals surface area contributed by atoms with Crippen LogP contribution in [0.3, 0.4) is 0 Å². The first-order valence-electron chi connectivity index (χ1n) is 8.43. The molecule has 2 N–H and O–H groups in total. The van der Waals surface area contributed by atoms with Crippen LogP contribution in [0.4, 0.5) is 0 Å². The van der Waals surface area contributed by atoms with Crippen LogP contribution in [0.15, 0.2) is 23.2 Å². The molecule has 1 aromatic rings. The first-order chi connectivity index (χ1) is 11.8. The van der Waals surface area contributed by atoms with Gasteiger partial charge in [0.2, 0.25) is 0 Å². The van der Waals surface area contributed by atoms with Gasteiger partial charge in [-0.1, -0.05) is 6.07 Å². The smallest absolute Gasteiger partial charge is 0.191 e. The number of ether oxygens (including phenoxy) is 2. The molecule has 142 valence electrons. The van der Waals surface area contributed by atoms with E-state index in [0.29, 0.717) is 36.3 Å². The Morgan fingerprint density at radius 3 is 2.40 bits per heavy atom. The fourth-order valence-electron chi connectivity index (χ4n) is 2.06. The van der Waals surface area contributed by atoms with Gasteiger partial charge in [0.25, 0.3) is 0 Å². The Morgan fingerprint density at radius 1 is 1.16 bits per heavy atom. The van der Waals surface area contributed by atoms with E-state index in [0.717, 1.165) is 12.1 Å². The van der Waals surface area contributed by atoms with Gasteiger partial charge in [0.05, 0.1) is 20.8 Å². The van der Waals surface area contributed by atoms with E-state index < -0.39 is 10.8 Å². The Bertz CT molecular complexity index is 598. The van der Waals surface area contributed by atoms with Crippen molar-refractivity contribution in [3.05, 3.63) is 23.8 Å². The second-order valence-corrected chi connectivity index (χ2v) is 8.80. The highest BCUT2D eigenvalue weighted by Crippen LogP contribution is 2.27. The molecule has 1 rings (SSSR count). The minimum absolute atomic E-state index is 0.198. The second kappa shape index (κ2) is 10.3. The van der Waals surface area contributed by atoms with E-state index in [2.05, 4.69) is 15.6 Å². The third-order valence-corrected chi connectivity index (χ3v) is 5.42. The SMILES string of the molecule is CCNC(=NCc1ccc(OC)c(OC)c1)NCCS(=O)C(C)(C)C. The van der Waals surface area contributed by atoms with Crippen LogP contribution in [0.1, 0.15) is 33.3 Å². The summed E-state index contributed by atoms with van der Waals surface area (Å²) in [6.45, 7) is 9.86. The van der Waals surface area contributed by atoms with Crippen molar-refractivity contribution in [2.75, 3.05) is 33.1 Å². The quantitative estimate of drug-likeness (QED) is 0.543. The van der Waals surface area contributed by atoms with Gasteiger partial charge < -0.3 is 20.1 Å². The lowest BCUT2D eigenvalue weighted by Crippen LogP contribution is -2.40. The summed E-state index contributed by atoms with van der Waals surface area (Å²) in [7, 11) is 2.35. The van der Waals surface area contributed by atoms with Crippen molar-refractivity contribution in [1.29, 1.82) is 0 Å². The van der Waals surface area contributed by atoms with Gasteiger partial charge in [-0.15, -0.1) is 0 Å². The predicted molar refractivity (Wildman–Crippen MR) is 105 cm³/mol. The number of rotatable bonds is 8. The molecule has 1 atom stereocenters. The largest absolute Gasteiger partial charge is 0.493 e. The number of hydrogen-bond acceptors (Lipinski definition) is 4. The molecule has 0 saturated carbocycles. The zero-order chi connectivity index (χ0) is 18.9. The molecule has 0 heterocycles. The fraction of sp³-hybridized carbons (Fsp3) is 0.611. The molecule has 1 aromatic carbocycles. The van der Waals surface area contributed by atoms with Crippen LogP contribution in [0.25, 0.3) is 0 Å². The van der Waals surface area contributed by atoms with Gasteiger partial charge in [-0.2, -0.15) is 0 Å². The molecule has 7 heteroatoms. The average molecular weight is 370 g/mol. The summed E-state index contributed by atoms with van der Waals surface area (Å²) in [5.74, 6) is 2.69. The van der Waals surface area contributed by atoms with Crippen LogP contribution < -0.4 is 20.1 Å². The van der Waals surface area contributed by atoms with Gasteiger partial charge in [0.1, 0.15) is 0 Å². The lowest BCUT2D eigenvalue weighted by Gasteiger charge is -2.18. The van der Waals surface area contributed by atoms with Gasteiger partial charge in [0, 0.05) is 34.4 Å². The summed E-state index contributed by atoms with van der Waals surface area (Å²) in [4.78, 5) is 4.57. The molecule has 0 fully saturated rings. The molecule has 0 spiro atoms. The predicted octanol–water partition coefficient (Wildman–Crippen LogP) is 2.31.